The molecule has 3 rings (SSSR count). The van der Waals surface area contributed by atoms with Gasteiger partial charge in [-0.3, -0.25) is 4.98 Å². The number of fused-ring (bicyclic) bond motifs is 1. The van der Waals surface area contributed by atoms with Gasteiger partial charge in [0.05, 0.1) is 12.8 Å². The molecule has 1 aliphatic rings. The van der Waals surface area contributed by atoms with E-state index in [0.29, 0.717) is 12.5 Å². The minimum atomic E-state index is -0.0428. The first-order valence-electron chi connectivity index (χ1n) is 7.34. The van der Waals surface area contributed by atoms with E-state index < -0.39 is 0 Å². The molecule has 0 saturated heterocycles. The van der Waals surface area contributed by atoms with Crippen molar-refractivity contribution >= 4 is 11.8 Å². The lowest BCUT2D eigenvalue weighted by Crippen LogP contribution is -2.20. The molecule has 4 heteroatoms. The van der Waals surface area contributed by atoms with Crippen LogP contribution in [0.3, 0.4) is 0 Å². The molecular formula is C17H20N2OS. The Kier molecular flexibility index (Phi) is 4.46. The highest BCUT2D eigenvalue weighted by molar-refractivity contribution is 7.99. The second-order valence-electron chi connectivity index (χ2n) is 5.28. The Morgan fingerprint density at radius 1 is 1.38 bits per heavy atom. The van der Waals surface area contributed by atoms with Gasteiger partial charge in [0.1, 0.15) is 5.75 Å². The van der Waals surface area contributed by atoms with E-state index >= 15 is 0 Å². The molecule has 3 nitrogen and oxygen atoms in total. The molecule has 2 heterocycles. The summed E-state index contributed by atoms with van der Waals surface area (Å²) in [6.07, 6.45) is 4.60. The van der Waals surface area contributed by atoms with E-state index in [2.05, 4.69) is 36.2 Å². The Bertz CT molecular complexity index is 617. The molecule has 0 bridgehead atoms. The van der Waals surface area contributed by atoms with E-state index in [1.165, 1.54) is 10.5 Å². The van der Waals surface area contributed by atoms with Crippen molar-refractivity contribution < 1.29 is 4.74 Å². The zero-order valence-corrected chi connectivity index (χ0v) is 13.0. The average Bonchev–Trinajstić information content (AvgIpc) is 2.96. The zero-order valence-electron chi connectivity index (χ0n) is 12.2. The van der Waals surface area contributed by atoms with Crippen LogP contribution in [0.15, 0.2) is 47.6 Å². The third-order valence-electron chi connectivity index (χ3n) is 3.76. The number of ether oxygens (including phenoxy) is 1. The van der Waals surface area contributed by atoms with E-state index in [1.54, 1.807) is 6.20 Å². The van der Waals surface area contributed by atoms with E-state index in [0.717, 1.165) is 23.5 Å². The van der Waals surface area contributed by atoms with Crippen molar-refractivity contribution in [2.45, 2.75) is 30.2 Å². The molecule has 0 saturated carbocycles. The molecule has 1 aromatic carbocycles. The summed E-state index contributed by atoms with van der Waals surface area (Å²) in [5.74, 6) is 2.18. The van der Waals surface area contributed by atoms with Gasteiger partial charge < -0.3 is 10.5 Å². The molecule has 2 unspecified atom stereocenters. The van der Waals surface area contributed by atoms with Gasteiger partial charge in [-0.05, 0) is 29.7 Å². The van der Waals surface area contributed by atoms with Gasteiger partial charge in [-0.15, -0.1) is 11.8 Å². The molecule has 2 atom stereocenters. The third kappa shape index (κ3) is 3.06. The van der Waals surface area contributed by atoms with Crippen LogP contribution < -0.4 is 10.5 Å². The van der Waals surface area contributed by atoms with Crippen LogP contribution in [0.4, 0.5) is 0 Å². The third-order valence-corrected chi connectivity index (χ3v) is 4.97. The second kappa shape index (κ2) is 6.50. The Morgan fingerprint density at radius 2 is 2.24 bits per heavy atom. The van der Waals surface area contributed by atoms with E-state index in [4.69, 9.17) is 10.5 Å². The number of thioether (sulfide) groups is 1. The lowest BCUT2D eigenvalue weighted by Gasteiger charge is -2.20. The highest BCUT2D eigenvalue weighted by Gasteiger charge is 2.29. The molecule has 2 N–H and O–H groups in total. The summed E-state index contributed by atoms with van der Waals surface area (Å²) in [5, 5.41) is 0. The maximum absolute atomic E-state index is 6.50. The minimum absolute atomic E-state index is 0.0428. The molecule has 21 heavy (non-hydrogen) atoms. The van der Waals surface area contributed by atoms with Gasteiger partial charge in [-0.25, -0.2) is 0 Å². The summed E-state index contributed by atoms with van der Waals surface area (Å²) in [6.45, 7) is 2.80. The van der Waals surface area contributed by atoms with Crippen molar-refractivity contribution in [1.29, 1.82) is 0 Å². The van der Waals surface area contributed by atoms with Gasteiger partial charge in [0.2, 0.25) is 0 Å². The summed E-state index contributed by atoms with van der Waals surface area (Å²) in [4.78, 5) is 5.63. The number of nitrogens with two attached hydrogens (primary N) is 1. The quantitative estimate of drug-likeness (QED) is 0.913. The van der Waals surface area contributed by atoms with Crippen LogP contribution in [0.1, 0.15) is 36.4 Å². The van der Waals surface area contributed by atoms with Crippen LogP contribution in [0.2, 0.25) is 0 Å². The first-order chi connectivity index (χ1) is 10.3. The molecule has 0 aliphatic carbocycles. The fraction of sp³-hybridized carbons (Fsp3) is 0.353. The number of hydrogen-bond donors (Lipinski definition) is 1. The number of hydrogen-bond acceptors (Lipinski definition) is 4. The van der Waals surface area contributed by atoms with Crippen LogP contribution in [0, 0.1) is 0 Å². The highest BCUT2D eigenvalue weighted by atomic mass is 32.2. The lowest BCUT2D eigenvalue weighted by atomic mass is 9.90. The van der Waals surface area contributed by atoms with Crippen molar-refractivity contribution in [3.05, 3.63) is 53.9 Å². The number of rotatable bonds is 5. The summed E-state index contributed by atoms with van der Waals surface area (Å²) in [5.41, 5.74) is 8.91. The molecule has 0 radical (unpaired) electrons. The van der Waals surface area contributed by atoms with E-state index in [9.17, 15) is 0 Å². The van der Waals surface area contributed by atoms with Crippen LogP contribution in [-0.2, 0) is 0 Å². The van der Waals surface area contributed by atoms with Gasteiger partial charge in [0.25, 0.3) is 0 Å². The van der Waals surface area contributed by atoms with Crippen LogP contribution in [-0.4, -0.2) is 17.3 Å². The number of aromatic nitrogens is 1. The van der Waals surface area contributed by atoms with Crippen LogP contribution in [0.25, 0.3) is 0 Å². The number of nitrogens with zero attached hydrogens (tertiary/aromatic N) is 1. The van der Waals surface area contributed by atoms with Gasteiger partial charge in [0, 0.05) is 28.8 Å². The summed E-state index contributed by atoms with van der Waals surface area (Å²) in [7, 11) is 0. The minimum Gasteiger partial charge on any atom is -0.492 e. The Balaban J connectivity index is 1.81. The Hall–Kier alpha value is -1.52. The van der Waals surface area contributed by atoms with Crippen molar-refractivity contribution in [2.24, 2.45) is 5.73 Å². The van der Waals surface area contributed by atoms with Crippen molar-refractivity contribution in [3.63, 3.8) is 0 Å². The molecule has 1 aliphatic heterocycles. The normalized spacial score (nSPS) is 18.3. The molecule has 1 aromatic heterocycles. The topological polar surface area (TPSA) is 48.1 Å². The van der Waals surface area contributed by atoms with Crippen molar-refractivity contribution in [2.75, 3.05) is 12.4 Å². The lowest BCUT2D eigenvalue weighted by molar-refractivity contribution is 0.315. The molecule has 0 spiro atoms. The van der Waals surface area contributed by atoms with Crippen LogP contribution >= 0.6 is 11.8 Å². The molecule has 0 fully saturated rings. The average molecular weight is 300 g/mol. The van der Waals surface area contributed by atoms with Gasteiger partial charge in [-0.2, -0.15) is 0 Å². The van der Waals surface area contributed by atoms with Gasteiger partial charge in [-0.1, -0.05) is 25.1 Å². The Labute approximate surface area is 129 Å². The molecular weight excluding hydrogens is 280 g/mol. The zero-order chi connectivity index (χ0) is 14.7. The maximum atomic E-state index is 6.50. The SMILES string of the molecule is CCCOc1cncc(C(N)C2CSc3ccccc32)c1. The number of benzene rings is 1. The highest BCUT2D eigenvalue weighted by Crippen LogP contribution is 2.44. The summed E-state index contributed by atoms with van der Waals surface area (Å²) < 4.78 is 5.65. The van der Waals surface area contributed by atoms with E-state index in [-0.39, 0.29) is 6.04 Å². The van der Waals surface area contributed by atoms with Crippen molar-refractivity contribution in [1.82, 2.24) is 4.98 Å². The first-order valence-corrected chi connectivity index (χ1v) is 8.33. The van der Waals surface area contributed by atoms with Crippen molar-refractivity contribution in [3.8, 4) is 5.75 Å². The smallest absolute Gasteiger partial charge is 0.137 e. The fourth-order valence-electron chi connectivity index (χ4n) is 2.63. The summed E-state index contributed by atoms with van der Waals surface area (Å²) >= 11 is 1.89. The summed E-state index contributed by atoms with van der Waals surface area (Å²) in [6, 6.07) is 10.5. The molecule has 0 amide bonds. The predicted molar refractivity (Wildman–Crippen MR) is 86.9 cm³/mol. The molecule has 110 valence electrons. The number of pyridine rings is 1. The van der Waals surface area contributed by atoms with E-state index in [1.807, 2.05) is 24.0 Å². The molecule has 2 aromatic rings. The second-order valence-corrected chi connectivity index (χ2v) is 6.35. The monoisotopic (exact) mass is 300 g/mol. The Morgan fingerprint density at radius 3 is 3.10 bits per heavy atom. The van der Waals surface area contributed by atoms with Gasteiger partial charge in [0.15, 0.2) is 0 Å². The fourth-order valence-corrected chi connectivity index (χ4v) is 3.94. The largest absolute Gasteiger partial charge is 0.492 e. The standard InChI is InChI=1S/C17H20N2OS/c1-2-7-20-13-8-12(9-19-10-13)17(18)15-11-21-16-6-4-3-5-14(15)16/h3-6,8-10,15,17H,2,7,11,18H2,1H3. The maximum Gasteiger partial charge on any atom is 0.137 e. The van der Waals surface area contributed by atoms with Gasteiger partial charge >= 0.3 is 0 Å². The van der Waals surface area contributed by atoms with Crippen LogP contribution in [0.5, 0.6) is 5.75 Å². The first kappa shape index (κ1) is 14.4. The predicted octanol–water partition coefficient (Wildman–Crippen LogP) is 3.76.